The van der Waals surface area contributed by atoms with Crippen LogP contribution >= 0.6 is 24.8 Å². The molecule has 0 spiro atoms. The van der Waals surface area contributed by atoms with Gasteiger partial charge in [0, 0.05) is 0 Å². The van der Waals surface area contributed by atoms with Crippen LogP contribution in [0.3, 0.4) is 0 Å². The molecule has 0 nitrogen and oxygen atoms in total. The SMILES string of the molecule is Cc1cccc(C)c1Cc1cc2c(-c3ccc(C(C)(C)C)cc3)cccc2[cH-]1.Cc1cccc(C)c1Cc1cc2c(-c3ccc(C(C)(C)C)cc3)cccc2[cH-]1.Cl.Cl.[CH3-].[CH3-].[Si]=[Zr]. The number of halogens is 2. The fourth-order valence-corrected chi connectivity index (χ4v) is 8.26. The molecule has 8 aromatic rings. The van der Waals surface area contributed by atoms with E-state index in [4.69, 9.17) is 0 Å². The monoisotopic (exact) mass is 950 g/mol. The number of rotatable bonds is 6. The zero-order chi connectivity index (χ0) is 41.8. The van der Waals surface area contributed by atoms with Crippen molar-refractivity contribution < 1.29 is 23.3 Å². The third-order valence-electron chi connectivity index (χ3n) is 11.8. The van der Waals surface area contributed by atoms with Crippen LogP contribution in [-0.4, -0.2) is 6.88 Å². The quantitative estimate of drug-likeness (QED) is 0.115. The molecule has 0 fully saturated rings. The zero-order valence-electron chi connectivity index (χ0n) is 39.1. The predicted molar refractivity (Wildman–Crippen MR) is 278 cm³/mol. The summed E-state index contributed by atoms with van der Waals surface area (Å²) in [6.45, 7) is 25.5. The molecule has 0 unspecified atom stereocenters. The van der Waals surface area contributed by atoms with Crippen LogP contribution in [0, 0.1) is 42.5 Å². The Kier molecular flexibility index (Phi) is 20.4. The zero-order valence-corrected chi connectivity index (χ0v) is 44.2. The first-order valence-electron chi connectivity index (χ1n) is 20.6. The Morgan fingerprint density at radius 3 is 1.02 bits per heavy atom. The van der Waals surface area contributed by atoms with Gasteiger partial charge in [-0.05, 0) is 107 Å². The third-order valence-corrected chi connectivity index (χ3v) is 11.8. The van der Waals surface area contributed by atoms with Crippen LogP contribution < -0.4 is 0 Å². The van der Waals surface area contributed by atoms with Gasteiger partial charge in [-0.2, -0.15) is 12.1 Å². The molecule has 0 heterocycles. The van der Waals surface area contributed by atoms with Crippen molar-refractivity contribution in [1.82, 2.24) is 0 Å². The molecule has 0 aliphatic carbocycles. The molecule has 4 heteroatoms. The van der Waals surface area contributed by atoms with Gasteiger partial charge in [-0.15, -0.1) is 93.9 Å². The molecule has 0 bridgehead atoms. The molecule has 0 aliphatic heterocycles. The van der Waals surface area contributed by atoms with Crippen LogP contribution in [0.1, 0.15) is 97.2 Å². The van der Waals surface area contributed by atoms with Gasteiger partial charge >= 0.3 is 30.2 Å². The van der Waals surface area contributed by atoms with Gasteiger partial charge in [-0.1, -0.05) is 150 Å². The van der Waals surface area contributed by atoms with Crippen LogP contribution in [0.25, 0.3) is 43.8 Å². The van der Waals surface area contributed by atoms with Crippen LogP contribution in [-0.2, 0) is 47.0 Å². The van der Waals surface area contributed by atoms with E-state index in [2.05, 4.69) is 222 Å². The fraction of sp³-hybridized carbons (Fsp3) is 0.241. The van der Waals surface area contributed by atoms with Gasteiger partial charge in [0.2, 0.25) is 0 Å². The van der Waals surface area contributed by atoms with Crippen molar-refractivity contribution in [3.05, 3.63) is 216 Å². The van der Waals surface area contributed by atoms with Crippen LogP contribution in [0.4, 0.5) is 0 Å². The van der Waals surface area contributed by atoms with Gasteiger partial charge in [-0.25, -0.2) is 0 Å². The molecule has 0 saturated heterocycles. The summed E-state index contributed by atoms with van der Waals surface area (Å²) in [6.07, 6.45) is 1.99. The van der Waals surface area contributed by atoms with E-state index in [1.54, 1.807) is 0 Å². The van der Waals surface area contributed by atoms with Crippen molar-refractivity contribution in [1.29, 1.82) is 0 Å². The normalized spacial score (nSPS) is 10.8. The molecule has 0 atom stereocenters. The van der Waals surface area contributed by atoms with Crippen molar-refractivity contribution in [2.45, 2.75) is 92.9 Å². The maximum absolute atomic E-state index is 3.06. The second-order valence-electron chi connectivity index (χ2n) is 18.1. The minimum absolute atomic E-state index is 0. The summed E-state index contributed by atoms with van der Waals surface area (Å²) >= 11 is 1.36. The summed E-state index contributed by atoms with van der Waals surface area (Å²) in [5, 5.41) is 5.37. The van der Waals surface area contributed by atoms with E-state index in [9.17, 15) is 0 Å². The number of fused-ring (bicyclic) bond motifs is 2. The topological polar surface area (TPSA) is 0 Å². The summed E-state index contributed by atoms with van der Waals surface area (Å²) in [5.74, 6) is 0. The standard InChI is InChI=1S/2C28H29.2CH3.2ClH.Si.Zr/c2*1-19-8-6-9-20(2)26(19)17-21-16-23-10-7-11-25(27(23)18-21)22-12-14-24(15-13-22)28(3,4)5;;;;;;/h2*6-16,18H,17H2,1-5H3;2*1H3;2*1H;;/q4*-1;;;;. The average molecular weight is 953 g/mol. The van der Waals surface area contributed by atoms with E-state index >= 15 is 0 Å². The summed E-state index contributed by atoms with van der Waals surface area (Å²) in [4.78, 5) is 0. The molecule has 2 radical (unpaired) electrons. The predicted octanol–water partition coefficient (Wildman–Crippen LogP) is 16.8. The van der Waals surface area contributed by atoms with Crippen molar-refractivity contribution in [3.8, 4) is 22.3 Å². The number of hydrogen-bond acceptors (Lipinski definition) is 0. The Balaban J connectivity index is 0.000000386. The molecule has 324 valence electrons. The van der Waals surface area contributed by atoms with E-state index in [-0.39, 0.29) is 50.5 Å². The summed E-state index contributed by atoms with van der Waals surface area (Å²) in [7, 11) is 0. The van der Waals surface area contributed by atoms with Crippen LogP contribution in [0.2, 0.25) is 0 Å². The second-order valence-corrected chi connectivity index (χ2v) is 18.1. The molecule has 62 heavy (non-hydrogen) atoms. The van der Waals surface area contributed by atoms with E-state index < -0.39 is 0 Å². The van der Waals surface area contributed by atoms with Gasteiger partial charge in [0.1, 0.15) is 0 Å². The Morgan fingerprint density at radius 1 is 0.435 bits per heavy atom. The molecule has 0 saturated carbocycles. The Hall–Kier alpha value is -3.78. The minimum atomic E-state index is 0. The van der Waals surface area contributed by atoms with Crippen LogP contribution in [0.5, 0.6) is 0 Å². The van der Waals surface area contributed by atoms with Crippen LogP contribution in [0.15, 0.2) is 146 Å². The van der Waals surface area contributed by atoms with E-state index in [0.717, 1.165) is 12.8 Å². The van der Waals surface area contributed by atoms with E-state index in [1.807, 2.05) is 0 Å². The van der Waals surface area contributed by atoms with Crippen molar-refractivity contribution in [2.24, 2.45) is 0 Å². The van der Waals surface area contributed by atoms with Gasteiger partial charge < -0.3 is 14.9 Å². The van der Waals surface area contributed by atoms with Crippen molar-refractivity contribution in [3.63, 3.8) is 0 Å². The number of hydrogen-bond donors (Lipinski definition) is 0. The van der Waals surface area contributed by atoms with Gasteiger partial charge in [-0.3, -0.25) is 0 Å². The molecule has 0 N–H and O–H groups in total. The number of benzene rings is 6. The summed E-state index contributed by atoms with van der Waals surface area (Å²) < 4.78 is 0. The molecular formula is C58H66Cl2SiZr-4. The van der Waals surface area contributed by atoms with Gasteiger partial charge in [0.25, 0.3) is 0 Å². The van der Waals surface area contributed by atoms with Crippen molar-refractivity contribution >= 4 is 53.2 Å². The van der Waals surface area contributed by atoms with Gasteiger partial charge in [0.05, 0.1) is 0 Å². The molecule has 0 aliphatic rings. The Labute approximate surface area is 404 Å². The molecular weight excluding hydrogens is 887 g/mol. The first-order valence-corrected chi connectivity index (χ1v) is 24.8. The van der Waals surface area contributed by atoms with E-state index in [1.165, 1.54) is 123 Å². The summed E-state index contributed by atoms with van der Waals surface area (Å²) in [5.41, 5.74) is 19.6. The Morgan fingerprint density at radius 2 is 0.726 bits per heavy atom. The summed E-state index contributed by atoms with van der Waals surface area (Å²) in [6, 6.07) is 54.1. The average Bonchev–Trinajstić information content (AvgIpc) is 3.82. The molecule has 8 rings (SSSR count). The third kappa shape index (κ3) is 12.7. The number of aryl methyl sites for hydroxylation is 4. The maximum atomic E-state index is 3.06. The van der Waals surface area contributed by atoms with E-state index in [0.29, 0.717) is 0 Å². The van der Waals surface area contributed by atoms with Crippen molar-refractivity contribution in [2.75, 3.05) is 0 Å². The second kappa shape index (κ2) is 23.2. The molecule has 0 aromatic heterocycles. The molecule has 0 amide bonds. The first-order chi connectivity index (χ1) is 27.7. The molecule has 8 aromatic carbocycles. The first kappa shape index (κ1) is 54.4. The fourth-order valence-electron chi connectivity index (χ4n) is 8.26. The van der Waals surface area contributed by atoms with Gasteiger partial charge in [0.15, 0.2) is 0 Å². The Bertz CT molecular complexity index is 2420.